The first-order valence-electron chi connectivity index (χ1n) is 8.22. The molecule has 6 nitrogen and oxygen atoms in total. The summed E-state index contributed by atoms with van der Waals surface area (Å²) in [5, 5.41) is 0. The van der Waals surface area contributed by atoms with E-state index in [2.05, 4.69) is 9.97 Å². The second kappa shape index (κ2) is 6.32. The van der Waals surface area contributed by atoms with E-state index in [-0.39, 0.29) is 11.5 Å². The van der Waals surface area contributed by atoms with Crippen molar-refractivity contribution in [3.05, 3.63) is 47.6 Å². The molecule has 126 valence electrons. The molecule has 1 aliphatic carbocycles. The molecule has 0 bridgehead atoms. The van der Waals surface area contributed by atoms with Crippen LogP contribution in [0.4, 0.5) is 4.39 Å². The molecule has 1 fully saturated rings. The number of halogens is 1. The number of amides is 1. The lowest BCUT2D eigenvalue weighted by Gasteiger charge is -2.29. The van der Waals surface area contributed by atoms with Crippen LogP contribution in [0.15, 0.2) is 24.8 Å². The van der Waals surface area contributed by atoms with Crippen LogP contribution in [0, 0.1) is 11.7 Å². The van der Waals surface area contributed by atoms with Crippen molar-refractivity contribution in [2.24, 2.45) is 5.92 Å². The van der Waals surface area contributed by atoms with E-state index in [4.69, 9.17) is 4.74 Å². The zero-order chi connectivity index (χ0) is 16.5. The number of aromatic nitrogens is 3. The fraction of sp³-hybridized carbons (Fsp3) is 0.471. The number of hydrogen-bond acceptors (Lipinski definition) is 4. The summed E-state index contributed by atoms with van der Waals surface area (Å²) in [4.78, 5) is 22.3. The fourth-order valence-electron chi connectivity index (χ4n) is 2.93. The highest BCUT2D eigenvalue weighted by molar-refractivity contribution is 5.94. The molecule has 4 rings (SSSR count). The van der Waals surface area contributed by atoms with Crippen LogP contribution in [0.25, 0.3) is 0 Å². The molecular formula is C17H19FN4O2. The molecule has 0 aromatic carbocycles. The minimum Gasteiger partial charge on any atom is -0.375 e. The third kappa shape index (κ3) is 3.03. The lowest BCUT2D eigenvalue weighted by molar-refractivity contribution is 0.0699. The maximum absolute atomic E-state index is 13.8. The normalized spacial score (nSPS) is 17.0. The largest absolute Gasteiger partial charge is 0.375 e. The van der Waals surface area contributed by atoms with Crippen LogP contribution in [0.3, 0.4) is 0 Å². The number of fused-ring (bicyclic) bond motifs is 1. The monoisotopic (exact) mass is 330 g/mol. The Bertz CT molecular complexity index is 757. The maximum Gasteiger partial charge on any atom is 0.257 e. The van der Waals surface area contributed by atoms with Crippen molar-refractivity contribution >= 4 is 5.91 Å². The summed E-state index contributed by atoms with van der Waals surface area (Å²) in [6.45, 7) is 2.85. The molecule has 0 N–H and O–H groups in total. The first-order valence-corrected chi connectivity index (χ1v) is 8.22. The van der Waals surface area contributed by atoms with Gasteiger partial charge in [0, 0.05) is 25.9 Å². The molecule has 7 heteroatoms. The van der Waals surface area contributed by atoms with Crippen molar-refractivity contribution < 1.29 is 13.9 Å². The Morgan fingerprint density at radius 2 is 2.25 bits per heavy atom. The molecular weight excluding hydrogens is 311 g/mol. The number of pyridine rings is 1. The summed E-state index contributed by atoms with van der Waals surface area (Å²) in [5.74, 6) is -0.196. The molecule has 1 aliphatic heterocycles. The van der Waals surface area contributed by atoms with Crippen LogP contribution in [-0.4, -0.2) is 38.5 Å². The second-order valence-corrected chi connectivity index (χ2v) is 6.37. The average molecular weight is 330 g/mol. The standard InChI is InChI=1S/C17H19FN4O2/c18-14-7-19-4-3-13(14)17(23)21-5-6-22-11-20-15(16(22)8-21)10-24-9-12-1-2-12/h3-4,7,11-12H,1-2,5-6,8-10H2. The van der Waals surface area contributed by atoms with Gasteiger partial charge in [0.05, 0.1) is 42.6 Å². The molecule has 0 saturated heterocycles. The van der Waals surface area contributed by atoms with E-state index in [1.54, 1.807) is 11.2 Å². The quantitative estimate of drug-likeness (QED) is 0.841. The predicted molar refractivity (Wildman–Crippen MR) is 83.5 cm³/mol. The minimum atomic E-state index is -0.588. The Kier molecular flexibility index (Phi) is 4.02. The molecule has 0 radical (unpaired) electrons. The summed E-state index contributed by atoms with van der Waals surface area (Å²) < 4.78 is 21.6. The van der Waals surface area contributed by atoms with E-state index >= 15 is 0 Å². The number of nitrogens with zero attached hydrogens (tertiary/aromatic N) is 4. The Balaban J connectivity index is 1.47. The Labute approximate surface area is 139 Å². The number of ether oxygens (including phenoxy) is 1. The van der Waals surface area contributed by atoms with Crippen molar-refractivity contribution in [3.8, 4) is 0 Å². The molecule has 3 heterocycles. The van der Waals surface area contributed by atoms with Crippen LogP contribution in [0.1, 0.15) is 34.6 Å². The first-order chi connectivity index (χ1) is 11.7. The van der Waals surface area contributed by atoms with Crippen molar-refractivity contribution in [2.45, 2.75) is 32.5 Å². The van der Waals surface area contributed by atoms with E-state index in [0.717, 1.165) is 24.2 Å². The van der Waals surface area contributed by atoms with E-state index in [0.29, 0.717) is 32.2 Å². The van der Waals surface area contributed by atoms with Crippen LogP contribution < -0.4 is 0 Å². The van der Waals surface area contributed by atoms with E-state index < -0.39 is 5.82 Å². The number of carbonyl (C=O) groups excluding carboxylic acids is 1. The van der Waals surface area contributed by atoms with Gasteiger partial charge in [0.25, 0.3) is 5.91 Å². The van der Waals surface area contributed by atoms with Crippen LogP contribution >= 0.6 is 0 Å². The Morgan fingerprint density at radius 3 is 3.04 bits per heavy atom. The number of imidazole rings is 1. The summed E-state index contributed by atoms with van der Waals surface area (Å²) in [7, 11) is 0. The van der Waals surface area contributed by atoms with Gasteiger partial charge in [-0.05, 0) is 24.8 Å². The third-order valence-corrected chi connectivity index (χ3v) is 4.56. The second-order valence-electron chi connectivity index (χ2n) is 6.37. The minimum absolute atomic E-state index is 0.0597. The molecule has 0 atom stereocenters. The Morgan fingerprint density at radius 1 is 1.38 bits per heavy atom. The summed E-state index contributed by atoms with van der Waals surface area (Å²) in [6.07, 6.45) is 6.79. The van der Waals surface area contributed by atoms with Gasteiger partial charge in [0.15, 0.2) is 5.82 Å². The smallest absolute Gasteiger partial charge is 0.257 e. The van der Waals surface area contributed by atoms with Gasteiger partial charge in [-0.1, -0.05) is 0 Å². The van der Waals surface area contributed by atoms with Crippen molar-refractivity contribution in [1.29, 1.82) is 0 Å². The third-order valence-electron chi connectivity index (χ3n) is 4.56. The first kappa shape index (κ1) is 15.3. The topological polar surface area (TPSA) is 60.2 Å². The van der Waals surface area contributed by atoms with E-state index in [1.807, 2.05) is 4.57 Å². The predicted octanol–water partition coefficient (Wildman–Crippen LogP) is 2.00. The molecule has 2 aromatic heterocycles. The molecule has 1 amide bonds. The molecule has 0 spiro atoms. The SMILES string of the molecule is O=C(c1ccncc1F)N1CCn2cnc(COCC3CC3)c2C1. The van der Waals surface area contributed by atoms with Crippen LogP contribution in [0.2, 0.25) is 0 Å². The van der Waals surface area contributed by atoms with Crippen molar-refractivity contribution in [3.63, 3.8) is 0 Å². The van der Waals surface area contributed by atoms with Gasteiger partial charge < -0.3 is 14.2 Å². The van der Waals surface area contributed by atoms with Gasteiger partial charge >= 0.3 is 0 Å². The van der Waals surface area contributed by atoms with Crippen LogP contribution in [0.5, 0.6) is 0 Å². The summed E-state index contributed by atoms with van der Waals surface area (Å²) in [5.41, 5.74) is 1.90. The molecule has 24 heavy (non-hydrogen) atoms. The van der Waals surface area contributed by atoms with Gasteiger partial charge in [-0.3, -0.25) is 9.78 Å². The van der Waals surface area contributed by atoms with Crippen molar-refractivity contribution in [2.75, 3.05) is 13.2 Å². The zero-order valence-electron chi connectivity index (χ0n) is 13.3. The van der Waals surface area contributed by atoms with Crippen LogP contribution in [-0.2, 0) is 24.4 Å². The number of hydrogen-bond donors (Lipinski definition) is 0. The van der Waals surface area contributed by atoms with Gasteiger partial charge in [-0.2, -0.15) is 0 Å². The Hall–Kier alpha value is -2.28. The van der Waals surface area contributed by atoms with E-state index in [1.165, 1.54) is 25.1 Å². The zero-order valence-corrected chi connectivity index (χ0v) is 13.3. The van der Waals surface area contributed by atoms with Gasteiger partial charge in [-0.15, -0.1) is 0 Å². The molecule has 1 saturated carbocycles. The number of carbonyl (C=O) groups is 1. The highest BCUT2D eigenvalue weighted by atomic mass is 19.1. The molecule has 2 aromatic rings. The lowest BCUT2D eigenvalue weighted by atomic mass is 10.2. The summed E-state index contributed by atoms with van der Waals surface area (Å²) in [6, 6.07) is 1.42. The van der Waals surface area contributed by atoms with Gasteiger partial charge in [0.1, 0.15) is 0 Å². The highest BCUT2D eigenvalue weighted by Crippen LogP contribution is 2.29. The van der Waals surface area contributed by atoms with Gasteiger partial charge in [-0.25, -0.2) is 9.37 Å². The highest BCUT2D eigenvalue weighted by Gasteiger charge is 2.27. The molecule has 2 aliphatic rings. The maximum atomic E-state index is 13.8. The van der Waals surface area contributed by atoms with E-state index in [9.17, 15) is 9.18 Å². The summed E-state index contributed by atoms with van der Waals surface area (Å²) >= 11 is 0. The molecule has 0 unspecified atom stereocenters. The fourth-order valence-corrected chi connectivity index (χ4v) is 2.93. The number of rotatable bonds is 5. The van der Waals surface area contributed by atoms with Crippen molar-refractivity contribution in [1.82, 2.24) is 19.4 Å². The van der Waals surface area contributed by atoms with Gasteiger partial charge in [0.2, 0.25) is 0 Å². The lowest BCUT2D eigenvalue weighted by Crippen LogP contribution is -2.38. The average Bonchev–Trinajstić information content (AvgIpc) is 3.34.